The fourth-order valence-corrected chi connectivity index (χ4v) is 2.40. The Morgan fingerprint density at radius 2 is 2.00 bits per heavy atom. The molecule has 0 aliphatic carbocycles. The summed E-state index contributed by atoms with van der Waals surface area (Å²) in [7, 11) is 1.56. The lowest BCUT2D eigenvalue weighted by atomic mass is 10.1. The van der Waals surface area contributed by atoms with Crippen molar-refractivity contribution in [1.29, 1.82) is 0 Å². The molecular formula is C16H17N5O2. The molecule has 7 heteroatoms. The number of aromatic nitrogens is 4. The van der Waals surface area contributed by atoms with Gasteiger partial charge in [0.1, 0.15) is 11.4 Å². The molecule has 0 unspecified atom stereocenters. The molecular weight excluding hydrogens is 294 g/mol. The Balaban J connectivity index is 2.05. The van der Waals surface area contributed by atoms with Crippen LogP contribution in [-0.4, -0.2) is 26.9 Å². The van der Waals surface area contributed by atoms with E-state index in [1.807, 2.05) is 37.3 Å². The van der Waals surface area contributed by atoms with Crippen LogP contribution in [0.3, 0.4) is 0 Å². The zero-order valence-corrected chi connectivity index (χ0v) is 12.9. The van der Waals surface area contributed by atoms with E-state index in [-0.39, 0.29) is 0 Å². The van der Waals surface area contributed by atoms with Crippen LogP contribution in [-0.2, 0) is 6.54 Å². The lowest BCUT2D eigenvalue weighted by molar-refractivity contribution is 0.405. The molecule has 1 aromatic heterocycles. The van der Waals surface area contributed by atoms with Crippen LogP contribution in [0, 0.1) is 6.92 Å². The van der Waals surface area contributed by atoms with Gasteiger partial charge in [0, 0.05) is 5.69 Å². The highest BCUT2D eigenvalue weighted by Gasteiger charge is 2.13. The quantitative estimate of drug-likeness (QED) is 0.735. The molecule has 23 heavy (non-hydrogen) atoms. The summed E-state index contributed by atoms with van der Waals surface area (Å²) in [6.07, 6.45) is 0. The molecule has 3 aromatic rings. The van der Waals surface area contributed by atoms with E-state index in [0.29, 0.717) is 18.0 Å². The summed E-state index contributed by atoms with van der Waals surface area (Å²) >= 11 is 0. The van der Waals surface area contributed by atoms with Crippen LogP contribution in [0.2, 0.25) is 0 Å². The highest BCUT2D eigenvalue weighted by atomic mass is 16.5. The van der Waals surface area contributed by atoms with E-state index < -0.39 is 5.69 Å². The zero-order valence-electron chi connectivity index (χ0n) is 12.9. The number of ether oxygens (including phenoxy) is 1. The minimum absolute atomic E-state index is 0.397. The van der Waals surface area contributed by atoms with Gasteiger partial charge in [-0.15, -0.1) is 0 Å². The Labute approximate surface area is 132 Å². The predicted molar refractivity (Wildman–Crippen MR) is 86.9 cm³/mol. The third-order valence-electron chi connectivity index (χ3n) is 3.62. The van der Waals surface area contributed by atoms with Crippen LogP contribution in [0.1, 0.15) is 11.1 Å². The van der Waals surface area contributed by atoms with E-state index in [1.54, 1.807) is 19.2 Å². The molecule has 0 bridgehead atoms. The Bertz CT molecular complexity index is 897. The fraction of sp³-hybridized carbons (Fsp3) is 0.188. The summed E-state index contributed by atoms with van der Waals surface area (Å²) in [5, 5.41) is 7.59. The molecule has 0 fully saturated rings. The number of hydrogen-bond donors (Lipinski definition) is 1. The summed E-state index contributed by atoms with van der Waals surface area (Å²) in [4.78, 5) is 13.6. The van der Waals surface area contributed by atoms with Crippen molar-refractivity contribution in [3.8, 4) is 11.4 Å². The van der Waals surface area contributed by atoms with Crippen molar-refractivity contribution < 1.29 is 4.74 Å². The van der Waals surface area contributed by atoms with Crippen molar-refractivity contribution in [3.05, 3.63) is 64.1 Å². The zero-order chi connectivity index (χ0) is 16.4. The number of nitrogens with two attached hydrogens (primary N) is 1. The molecule has 1 heterocycles. The highest BCUT2D eigenvalue weighted by molar-refractivity contribution is 5.48. The van der Waals surface area contributed by atoms with Crippen molar-refractivity contribution in [2.24, 2.45) is 0 Å². The van der Waals surface area contributed by atoms with Crippen LogP contribution in [0.5, 0.6) is 5.75 Å². The van der Waals surface area contributed by atoms with Crippen LogP contribution in [0.15, 0.2) is 47.3 Å². The second kappa shape index (κ2) is 5.96. The van der Waals surface area contributed by atoms with Crippen molar-refractivity contribution in [2.75, 3.05) is 12.8 Å². The lowest BCUT2D eigenvalue weighted by Gasteiger charge is -2.12. The summed E-state index contributed by atoms with van der Waals surface area (Å²) in [5.41, 5.74) is 8.66. The van der Waals surface area contributed by atoms with Crippen LogP contribution in [0.4, 0.5) is 5.69 Å². The Kier molecular flexibility index (Phi) is 3.84. The number of rotatable bonds is 4. The molecule has 0 saturated heterocycles. The van der Waals surface area contributed by atoms with Gasteiger partial charge in [-0.1, -0.05) is 29.4 Å². The van der Waals surface area contributed by atoms with E-state index in [1.165, 1.54) is 9.48 Å². The second-order valence-corrected chi connectivity index (χ2v) is 5.18. The standard InChI is InChI=1S/C16H17N5O2/c1-11-9-12(7-8-13(11)17)10-20-19-18-16(22)21(20)14-5-3-4-6-15(14)23-2/h3-9H,10,17H2,1-2H3. The van der Waals surface area contributed by atoms with Gasteiger partial charge in [0.25, 0.3) is 0 Å². The molecule has 3 rings (SSSR count). The van der Waals surface area contributed by atoms with E-state index in [2.05, 4.69) is 10.3 Å². The summed E-state index contributed by atoms with van der Waals surface area (Å²) in [5.74, 6) is 0.576. The van der Waals surface area contributed by atoms with E-state index in [0.717, 1.165) is 16.8 Å². The number of benzene rings is 2. The van der Waals surface area contributed by atoms with Crippen LogP contribution in [0.25, 0.3) is 5.69 Å². The first-order valence-corrected chi connectivity index (χ1v) is 7.11. The van der Waals surface area contributed by atoms with Gasteiger partial charge in [0.15, 0.2) is 0 Å². The summed E-state index contributed by atoms with van der Waals surface area (Å²) in [6.45, 7) is 2.34. The largest absolute Gasteiger partial charge is 0.494 e. The number of hydrogen-bond acceptors (Lipinski definition) is 5. The number of aryl methyl sites for hydroxylation is 1. The van der Waals surface area contributed by atoms with Gasteiger partial charge in [-0.2, -0.15) is 9.48 Å². The van der Waals surface area contributed by atoms with Gasteiger partial charge in [-0.05, 0) is 41.5 Å². The molecule has 7 nitrogen and oxygen atoms in total. The Morgan fingerprint density at radius 1 is 1.22 bits per heavy atom. The van der Waals surface area contributed by atoms with E-state index >= 15 is 0 Å². The number of para-hydroxylation sites is 2. The van der Waals surface area contributed by atoms with Gasteiger partial charge in [0.2, 0.25) is 0 Å². The number of nitrogen functional groups attached to an aromatic ring is 1. The van der Waals surface area contributed by atoms with E-state index in [4.69, 9.17) is 10.5 Å². The first-order chi connectivity index (χ1) is 11.1. The van der Waals surface area contributed by atoms with Crippen LogP contribution < -0.4 is 16.2 Å². The van der Waals surface area contributed by atoms with Gasteiger partial charge < -0.3 is 10.5 Å². The average Bonchev–Trinajstić information content (AvgIpc) is 2.91. The highest BCUT2D eigenvalue weighted by Crippen LogP contribution is 2.20. The SMILES string of the molecule is COc1ccccc1-n1c(=O)nnn1Cc1ccc(N)c(C)c1. The molecule has 0 saturated carbocycles. The molecule has 0 atom stereocenters. The monoisotopic (exact) mass is 311 g/mol. The number of anilines is 1. The summed E-state index contributed by atoms with van der Waals surface area (Å²) in [6, 6.07) is 12.9. The molecule has 0 aliphatic rings. The number of tetrazole rings is 1. The van der Waals surface area contributed by atoms with Gasteiger partial charge in [0.05, 0.1) is 13.7 Å². The van der Waals surface area contributed by atoms with E-state index in [9.17, 15) is 4.79 Å². The topological polar surface area (TPSA) is 88.0 Å². The molecule has 0 spiro atoms. The molecule has 2 N–H and O–H groups in total. The van der Waals surface area contributed by atoms with Gasteiger partial charge in [-0.3, -0.25) is 0 Å². The normalized spacial score (nSPS) is 10.7. The molecule has 2 aromatic carbocycles. The van der Waals surface area contributed by atoms with Crippen molar-refractivity contribution in [1.82, 2.24) is 19.8 Å². The third-order valence-corrected chi connectivity index (χ3v) is 3.62. The van der Waals surface area contributed by atoms with Gasteiger partial charge in [-0.25, -0.2) is 4.79 Å². The number of nitrogens with zero attached hydrogens (tertiary/aromatic N) is 4. The van der Waals surface area contributed by atoms with Gasteiger partial charge >= 0.3 is 5.69 Å². The minimum Gasteiger partial charge on any atom is -0.494 e. The number of methoxy groups -OCH3 is 1. The molecule has 0 aliphatic heterocycles. The maximum atomic E-state index is 12.1. The first-order valence-electron chi connectivity index (χ1n) is 7.11. The van der Waals surface area contributed by atoms with Crippen molar-refractivity contribution in [3.63, 3.8) is 0 Å². The second-order valence-electron chi connectivity index (χ2n) is 5.18. The maximum absolute atomic E-state index is 12.1. The first kappa shape index (κ1) is 14.8. The average molecular weight is 311 g/mol. The predicted octanol–water partition coefficient (Wildman–Crippen LogP) is 1.38. The molecule has 118 valence electrons. The fourth-order valence-electron chi connectivity index (χ4n) is 2.40. The molecule has 0 amide bonds. The van der Waals surface area contributed by atoms with Crippen molar-refractivity contribution >= 4 is 5.69 Å². The minimum atomic E-state index is -0.457. The van der Waals surface area contributed by atoms with Crippen LogP contribution >= 0.6 is 0 Å². The smallest absolute Gasteiger partial charge is 0.388 e. The Morgan fingerprint density at radius 3 is 2.74 bits per heavy atom. The summed E-state index contributed by atoms with van der Waals surface area (Å²) < 4.78 is 6.71. The van der Waals surface area contributed by atoms with Crippen molar-refractivity contribution in [2.45, 2.75) is 13.5 Å². The third kappa shape index (κ3) is 2.80. The maximum Gasteiger partial charge on any atom is 0.388 e. The molecule has 0 radical (unpaired) electrons. The Hall–Kier alpha value is -3.09. The lowest BCUT2D eigenvalue weighted by Crippen LogP contribution is -2.23.